The fourth-order valence-corrected chi connectivity index (χ4v) is 5.17. The van der Waals surface area contributed by atoms with Gasteiger partial charge in [-0.25, -0.2) is 4.79 Å². The van der Waals surface area contributed by atoms with E-state index in [1.165, 1.54) is 18.2 Å². The molecule has 3 amide bonds. The van der Waals surface area contributed by atoms with Gasteiger partial charge in [0.05, 0.1) is 18.2 Å². The minimum Gasteiger partial charge on any atom is -0.465 e. The molecule has 1 saturated carbocycles. The summed E-state index contributed by atoms with van der Waals surface area (Å²) in [6.45, 7) is 0.165. The highest BCUT2D eigenvalue weighted by Crippen LogP contribution is 2.34. The third kappa shape index (κ3) is 4.60. The molecule has 2 heterocycles. The number of fused-ring (bicyclic) bond motifs is 1. The first-order valence-electron chi connectivity index (χ1n) is 12.2. The molecule has 10 heteroatoms. The first-order valence-corrected chi connectivity index (χ1v) is 12.2. The number of allylic oxidation sites excluding steroid dienone is 1. The molecule has 1 saturated heterocycles. The maximum absolute atomic E-state index is 13.0. The quantitative estimate of drug-likeness (QED) is 0.268. The molecule has 0 bridgehead atoms. The molecule has 194 valence electrons. The zero-order chi connectivity index (χ0) is 27.0. The summed E-state index contributed by atoms with van der Waals surface area (Å²) in [5, 5.41) is 5.31. The Morgan fingerprint density at radius 1 is 1.03 bits per heavy atom. The maximum Gasteiger partial charge on any atom is 0.337 e. The molecule has 0 spiro atoms. The van der Waals surface area contributed by atoms with Crippen molar-refractivity contribution < 1.29 is 33.5 Å². The van der Waals surface area contributed by atoms with Crippen LogP contribution < -0.4 is 10.6 Å². The van der Waals surface area contributed by atoms with Gasteiger partial charge in [-0.15, -0.1) is 0 Å². The van der Waals surface area contributed by atoms with Crippen molar-refractivity contribution >= 4 is 40.9 Å². The Labute approximate surface area is 218 Å². The molecule has 1 aliphatic carbocycles. The fraction of sp³-hybridized carbons (Fsp3) is 0.286. The van der Waals surface area contributed by atoms with Gasteiger partial charge in [0.25, 0.3) is 5.91 Å². The molecule has 5 rings (SSSR count). The first kappa shape index (κ1) is 25.1. The molecule has 0 aromatic heterocycles. The zero-order valence-corrected chi connectivity index (χ0v) is 20.6. The van der Waals surface area contributed by atoms with Crippen molar-refractivity contribution in [1.29, 1.82) is 0 Å². The van der Waals surface area contributed by atoms with Crippen LogP contribution in [0.5, 0.6) is 0 Å². The Bertz CT molecular complexity index is 1390. The lowest BCUT2D eigenvalue weighted by molar-refractivity contribution is -0.137. The van der Waals surface area contributed by atoms with Crippen LogP contribution in [-0.4, -0.2) is 53.3 Å². The smallest absolute Gasteiger partial charge is 0.337 e. The van der Waals surface area contributed by atoms with E-state index in [9.17, 15) is 28.8 Å². The second-order valence-electron chi connectivity index (χ2n) is 9.50. The summed E-state index contributed by atoms with van der Waals surface area (Å²) in [4.78, 5) is 75.7. The van der Waals surface area contributed by atoms with E-state index in [0.29, 0.717) is 22.4 Å². The van der Waals surface area contributed by atoms with E-state index in [2.05, 4.69) is 10.6 Å². The van der Waals surface area contributed by atoms with Crippen molar-refractivity contribution in [2.45, 2.75) is 44.2 Å². The number of nitrogens with one attached hydrogen (secondary N) is 2. The van der Waals surface area contributed by atoms with Gasteiger partial charge < -0.3 is 15.0 Å². The Morgan fingerprint density at radius 2 is 1.74 bits per heavy atom. The third-order valence-corrected chi connectivity index (χ3v) is 7.22. The lowest BCUT2D eigenvalue weighted by atomic mass is 9.80. The van der Waals surface area contributed by atoms with Crippen LogP contribution in [0.2, 0.25) is 0 Å². The molecule has 2 aliphatic heterocycles. The van der Waals surface area contributed by atoms with E-state index in [0.717, 1.165) is 5.56 Å². The van der Waals surface area contributed by atoms with Gasteiger partial charge in [-0.1, -0.05) is 18.2 Å². The fourth-order valence-electron chi connectivity index (χ4n) is 5.17. The standard InChI is InChI=1S/C28H25N3O7/c1-38-28(37)16-7-5-15(6-8-16)17-11-23(32)19(24(33)12-17)13-29-21-4-2-3-18-20(21)14-31(27(18)36)22-9-10-25(34)30-26(22)35/h2-8,13,17,22,29H,9-12,14H2,1H3,(H,30,34,35). The number of carbonyl (C=O) groups is 6. The van der Waals surface area contributed by atoms with Gasteiger partial charge in [0, 0.05) is 48.8 Å². The van der Waals surface area contributed by atoms with Crippen LogP contribution in [0.4, 0.5) is 5.69 Å². The second kappa shape index (κ2) is 10.0. The van der Waals surface area contributed by atoms with Crippen LogP contribution in [-0.2, 0) is 30.5 Å². The SMILES string of the molecule is COC(=O)c1ccc(C2CC(=O)C(=CNc3cccc4c3CN(C3CCC(=O)NC3=O)C4=O)C(=O)C2)cc1. The van der Waals surface area contributed by atoms with E-state index < -0.39 is 17.9 Å². The van der Waals surface area contributed by atoms with Crippen molar-refractivity contribution in [3.05, 3.63) is 76.5 Å². The number of amides is 3. The van der Waals surface area contributed by atoms with E-state index in [4.69, 9.17) is 4.74 Å². The van der Waals surface area contributed by atoms with Crippen molar-refractivity contribution in [1.82, 2.24) is 10.2 Å². The van der Waals surface area contributed by atoms with Crippen LogP contribution >= 0.6 is 0 Å². The van der Waals surface area contributed by atoms with Gasteiger partial charge in [-0.3, -0.25) is 29.3 Å². The highest BCUT2D eigenvalue weighted by atomic mass is 16.5. The Morgan fingerprint density at radius 3 is 2.39 bits per heavy atom. The Kier molecular flexibility index (Phi) is 6.62. The summed E-state index contributed by atoms with van der Waals surface area (Å²) in [6.07, 6.45) is 2.09. The third-order valence-electron chi connectivity index (χ3n) is 7.22. The number of hydrogen-bond acceptors (Lipinski definition) is 8. The molecule has 1 unspecified atom stereocenters. The van der Waals surface area contributed by atoms with Gasteiger partial charge in [0.2, 0.25) is 11.8 Å². The molecular weight excluding hydrogens is 490 g/mol. The second-order valence-corrected chi connectivity index (χ2v) is 9.50. The van der Waals surface area contributed by atoms with Crippen LogP contribution in [0, 0.1) is 0 Å². The number of ether oxygens (including phenoxy) is 1. The number of methoxy groups -OCH3 is 1. The van der Waals surface area contributed by atoms with Gasteiger partial charge in [0.15, 0.2) is 11.6 Å². The number of imide groups is 1. The van der Waals surface area contributed by atoms with Crippen LogP contribution in [0.3, 0.4) is 0 Å². The molecule has 2 aromatic rings. The summed E-state index contributed by atoms with van der Waals surface area (Å²) in [7, 11) is 1.30. The number of benzene rings is 2. The van der Waals surface area contributed by atoms with Crippen molar-refractivity contribution in [3.8, 4) is 0 Å². The van der Waals surface area contributed by atoms with Gasteiger partial charge >= 0.3 is 5.97 Å². The first-order chi connectivity index (χ1) is 18.3. The van der Waals surface area contributed by atoms with Gasteiger partial charge in [0.1, 0.15) is 6.04 Å². The molecule has 3 aliphatic rings. The molecule has 10 nitrogen and oxygen atoms in total. The molecule has 2 N–H and O–H groups in total. The average Bonchev–Trinajstić information content (AvgIpc) is 3.24. The number of esters is 1. The molecule has 38 heavy (non-hydrogen) atoms. The summed E-state index contributed by atoms with van der Waals surface area (Å²) in [5.74, 6) is -2.51. The molecule has 1 atom stereocenters. The topological polar surface area (TPSA) is 139 Å². The van der Waals surface area contributed by atoms with E-state index in [1.807, 2.05) is 0 Å². The number of ketones is 2. The molecule has 2 aromatic carbocycles. The lowest BCUT2D eigenvalue weighted by Gasteiger charge is -2.29. The van der Waals surface area contributed by atoms with Crippen molar-refractivity contribution in [3.63, 3.8) is 0 Å². The average molecular weight is 516 g/mol. The number of carbonyl (C=O) groups excluding carboxylic acids is 6. The van der Waals surface area contributed by atoms with Crippen LogP contribution in [0.15, 0.2) is 54.2 Å². The van der Waals surface area contributed by atoms with Gasteiger partial charge in [-0.2, -0.15) is 0 Å². The number of nitrogens with zero attached hydrogens (tertiary/aromatic N) is 1. The lowest BCUT2D eigenvalue weighted by Crippen LogP contribution is -2.52. The predicted octanol–water partition coefficient (Wildman–Crippen LogP) is 2.25. The van der Waals surface area contributed by atoms with Crippen molar-refractivity contribution in [2.24, 2.45) is 0 Å². The largest absolute Gasteiger partial charge is 0.465 e. The molecule has 2 fully saturated rings. The number of hydrogen-bond donors (Lipinski definition) is 2. The minimum atomic E-state index is -0.737. The van der Waals surface area contributed by atoms with Crippen molar-refractivity contribution in [2.75, 3.05) is 12.4 Å². The highest BCUT2D eigenvalue weighted by Gasteiger charge is 2.40. The highest BCUT2D eigenvalue weighted by molar-refractivity contribution is 6.22. The van der Waals surface area contributed by atoms with Crippen LogP contribution in [0.1, 0.15) is 63.4 Å². The molecular formula is C28H25N3O7. The Hall–Kier alpha value is -4.60. The number of rotatable bonds is 5. The number of piperidine rings is 1. The maximum atomic E-state index is 13.0. The number of anilines is 1. The zero-order valence-electron chi connectivity index (χ0n) is 20.6. The van der Waals surface area contributed by atoms with E-state index >= 15 is 0 Å². The number of Topliss-reactive ketones (excluding diaryl/α,β-unsaturated/α-hetero) is 2. The normalized spacial score (nSPS) is 21.2. The van der Waals surface area contributed by atoms with Gasteiger partial charge in [-0.05, 0) is 42.2 Å². The summed E-state index contributed by atoms with van der Waals surface area (Å²) in [5.41, 5.74) is 2.86. The summed E-state index contributed by atoms with van der Waals surface area (Å²) < 4.78 is 4.70. The van der Waals surface area contributed by atoms with Crippen LogP contribution in [0.25, 0.3) is 0 Å². The van der Waals surface area contributed by atoms with E-state index in [1.54, 1.807) is 42.5 Å². The molecule has 0 radical (unpaired) electrons. The monoisotopic (exact) mass is 515 g/mol. The summed E-state index contributed by atoms with van der Waals surface area (Å²) in [6, 6.07) is 11.0. The Balaban J connectivity index is 1.29. The minimum absolute atomic E-state index is 0.0522. The predicted molar refractivity (Wildman–Crippen MR) is 134 cm³/mol. The van der Waals surface area contributed by atoms with E-state index in [-0.39, 0.29) is 67.1 Å². The summed E-state index contributed by atoms with van der Waals surface area (Å²) >= 11 is 0.